The summed E-state index contributed by atoms with van der Waals surface area (Å²) in [5.41, 5.74) is 4.61. The maximum atomic E-state index is 13.4. The van der Waals surface area contributed by atoms with E-state index in [0.29, 0.717) is 0 Å². The minimum atomic E-state index is -3.75. The minimum Gasteiger partial charge on any atom is -0.869 e. The molecule has 0 aliphatic rings. The molecule has 0 saturated heterocycles. The SMILES string of the molecule is CN(c1nc(C(=O)NCc2ccc(F)cc2C(N)=O)c([O-])c2ncccc12)S(C)(=O)=O. The van der Waals surface area contributed by atoms with E-state index in [1.165, 1.54) is 31.4 Å². The fourth-order valence-electron chi connectivity index (χ4n) is 2.84. The van der Waals surface area contributed by atoms with Gasteiger partial charge in [0.15, 0.2) is 5.82 Å². The number of nitrogens with zero attached hydrogens (tertiary/aromatic N) is 3. The number of hydrogen-bond acceptors (Lipinski definition) is 7. The van der Waals surface area contributed by atoms with Crippen molar-refractivity contribution in [3.05, 3.63) is 59.2 Å². The molecule has 12 heteroatoms. The number of nitrogens with one attached hydrogen (secondary N) is 1. The molecule has 0 atom stereocenters. The summed E-state index contributed by atoms with van der Waals surface area (Å²) in [6.07, 6.45) is 2.27. The van der Waals surface area contributed by atoms with E-state index in [9.17, 15) is 27.5 Å². The molecule has 2 amide bonds. The molecule has 31 heavy (non-hydrogen) atoms. The average molecular weight is 446 g/mol. The summed E-state index contributed by atoms with van der Waals surface area (Å²) in [6.45, 7) is -0.254. The standard InChI is InChI=1S/C19H18FN5O5S/c1-25(31(2,29)30)18-12-4-3-7-22-14(12)16(26)15(24-18)19(28)23-9-10-5-6-11(20)8-13(10)17(21)27/h3-8,26H,9H2,1-2H3,(H2,21,27)(H,23,28)/p-1. The van der Waals surface area contributed by atoms with E-state index in [1.54, 1.807) is 0 Å². The van der Waals surface area contributed by atoms with Crippen LogP contribution in [-0.4, -0.2) is 43.5 Å². The third kappa shape index (κ3) is 4.38. The van der Waals surface area contributed by atoms with Gasteiger partial charge < -0.3 is 16.2 Å². The maximum Gasteiger partial charge on any atom is 0.269 e. The van der Waals surface area contributed by atoms with Crippen molar-refractivity contribution in [3.63, 3.8) is 0 Å². The highest BCUT2D eigenvalue weighted by Gasteiger charge is 2.22. The first-order valence-corrected chi connectivity index (χ1v) is 10.6. The van der Waals surface area contributed by atoms with E-state index in [4.69, 9.17) is 5.73 Å². The highest BCUT2D eigenvalue weighted by molar-refractivity contribution is 7.92. The van der Waals surface area contributed by atoms with Crippen LogP contribution in [0, 0.1) is 5.82 Å². The topological polar surface area (TPSA) is 158 Å². The molecule has 0 aliphatic carbocycles. The normalized spacial score (nSPS) is 11.3. The van der Waals surface area contributed by atoms with E-state index < -0.39 is 39.1 Å². The lowest BCUT2D eigenvalue weighted by molar-refractivity contribution is -0.266. The number of pyridine rings is 2. The van der Waals surface area contributed by atoms with Crippen LogP contribution in [0.1, 0.15) is 26.4 Å². The quantitative estimate of drug-likeness (QED) is 0.550. The number of nitrogens with two attached hydrogens (primary N) is 1. The van der Waals surface area contributed by atoms with Gasteiger partial charge in [-0.2, -0.15) is 0 Å². The van der Waals surface area contributed by atoms with Gasteiger partial charge in [0, 0.05) is 30.7 Å². The Labute approximate surface area is 176 Å². The first-order chi connectivity index (χ1) is 14.5. The average Bonchev–Trinajstić information content (AvgIpc) is 2.71. The Balaban J connectivity index is 2.02. The summed E-state index contributed by atoms with van der Waals surface area (Å²) >= 11 is 0. The second kappa shape index (κ2) is 8.14. The zero-order valence-corrected chi connectivity index (χ0v) is 17.2. The summed E-state index contributed by atoms with van der Waals surface area (Å²) in [7, 11) is -2.52. The van der Waals surface area contributed by atoms with Crippen LogP contribution in [0.2, 0.25) is 0 Å². The molecule has 0 saturated carbocycles. The van der Waals surface area contributed by atoms with E-state index >= 15 is 0 Å². The third-order valence-electron chi connectivity index (χ3n) is 4.48. The Morgan fingerprint density at radius 1 is 1.29 bits per heavy atom. The number of carbonyl (C=O) groups is 2. The van der Waals surface area contributed by atoms with Gasteiger partial charge >= 0.3 is 0 Å². The lowest BCUT2D eigenvalue weighted by atomic mass is 10.1. The smallest absolute Gasteiger partial charge is 0.269 e. The second-order valence-electron chi connectivity index (χ2n) is 6.59. The van der Waals surface area contributed by atoms with Crippen LogP contribution in [0.4, 0.5) is 10.2 Å². The lowest BCUT2D eigenvalue weighted by Gasteiger charge is -2.22. The number of anilines is 1. The predicted molar refractivity (Wildman–Crippen MR) is 108 cm³/mol. The molecule has 3 aromatic rings. The van der Waals surface area contributed by atoms with E-state index in [0.717, 1.165) is 22.7 Å². The molecule has 10 nitrogen and oxygen atoms in total. The molecule has 2 aromatic heterocycles. The highest BCUT2D eigenvalue weighted by atomic mass is 32.2. The molecular formula is C19H17FN5O5S-. The number of aromatic nitrogens is 2. The summed E-state index contributed by atoms with van der Waals surface area (Å²) in [6, 6.07) is 6.26. The fourth-order valence-corrected chi connectivity index (χ4v) is 3.29. The number of benzene rings is 1. The van der Waals surface area contributed by atoms with Gasteiger partial charge in [0.2, 0.25) is 15.9 Å². The van der Waals surface area contributed by atoms with Gasteiger partial charge in [0.1, 0.15) is 11.5 Å². The Hall–Kier alpha value is -3.80. The summed E-state index contributed by atoms with van der Waals surface area (Å²) in [4.78, 5) is 32.1. The number of hydrogen-bond donors (Lipinski definition) is 2. The van der Waals surface area contributed by atoms with Gasteiger partial charge in [-0.3, -0.25) is 18.9 Å². The molecular weight excluding hydrogens is 429 g/mol. The van der Waals surface area contributed by atoms with Crippen LogP contribution in [0.3, 0.4) is 0 Å². The molecule has 1 aromatic carbocycles. The number of halogens is 1. The maximum absolute atomic E-state index is 13.4. The van der Waals surface area contributed by atoms with Crippen molar-refractivity contribution in [1.82, 2.24) is 15.3 Å². The molecule has 0 fully saturated rings. The number of sulfonamides is 1. The van der Waals surface area contributed by atoms with E-state index in [1.807, 2.05) is 0 Å². The van der Waals surface area contributed by atoms with Crippen molar-refractivity contribution < 1.29 is 27.5 Å². The van der Waals surface area contributed by atoms with Crippen molar-refractivity contribution in [2.24, 2.45) is 5.73 Å². The summed E-state index contributed by atoms with van der Waals surface area (Å²) < 4.78 is 38.2. The van der Waals surface area contributed by atoms with Crippen molar-refractivity contribution in [2.75, 3.05) is 17.6 Å². The molecule has 0 aliphatic heterocycles. The van der Waals surface area contributed by atoms with Gasteiger partial charge in [0.25, 0.3) is 5.91 Å². The van der Waals surface area contributed by atoms with Crippen LogP contribution >= 0.6 is 0 Å². The molecule has 3 N–H and O–H groups in total. The summed E-state index contributed by atoms with van der Waals surface area (Å²) in [5, 5.41) is 15.3. The Morgan fingerprint density at radius 3 is 2.65 bits per heavy atom. The van der Waals surface area contributed by atoms with E-state index in [2.05, 4.69) is 15.3 Å². The Morgan fingerprint density at radius 2 is 2.00 bits per heavy atom. The molecule has 162 valence electrons. The van der Waals surface area contributed by atoms with Crippen molar-refractivity contribution >= 4 is 38.6 Å². The number of rotatable bonds is 6. The molecule has 2 heterocycles. The van der Waals surface area contributed by atoms with Crippen LogP contribution in [-0.2, 0) is 16.6 Å². The molecule has 3 rings (SSSR count). The van der Waals surface area contributed by atoms with Crippen molar-refractivity contribution in [1.29, 1.82) is 0 Å². The van der Waals surface area contributed by atoms with Gasteiger partial charge in [-0.25, -0.2) is 17.8 Å². The van der Waals surface area contributed by atoms with E-state index in [-0.39, 0.29) is 34.4 Å². The minimum absolute atomic E-state index is 0.131. The van der Waals surface area contributed by atoms with Gasteiger partial charge in [-0.1, -0.05) is 6.07 Å². The molecule has 0 spiro atoms. The largest absolute Gasteiger partial charge is 0.869 e. The highest BCUT2D eigenvalue weighted by Crippen LogP contribution is 2.31. The first-order valence-electron chi connectivity index (χ1n) is 8.76. The van der Waals surface area contributed by atoms with Gasteiger partial charge in [-0.15, -0.1) is 0 Å². The van der Waals surface area contributed by atoms with Crippen molar-refractivity contribution in [2.45, 2.75) is 6.54 Å². The molecule has 0 radical (unpaired) electrons. The fraction of sp³-hybridized carbons (Fsp3) is 0.158. The second-order valence-corrected chi connectivity index (χ2v) is 8.61. The molecule has 0 bridgehead atoms. The first kappa shape index (κ1) is 21.9. The van der Waals surface area contributed by atoms with Crippen LogP contribution in [0.15, 0.2) is 36.5 Å². The van der Waals surface area contributed by atoms with Crippen LogP contribution in [0.5, 0.6) is 5.75 Å². The predicted octanol–water partition coefficient (Wildman–Crippen LogP) is 0.267. The number of primary amides is 1. The van der Waals surface area contributed by atoms with Crippen LogP contribution in [0.25, 0.3) is 10.9 Å². The molecule has 0 unspecified atom stereocenters. The lowest BCUT2D eigenvalue weighted by Crippen LogP contribution is -2.30. The number of amides is 2. The van der Waals surface area contributed by atoms with Crippen LogP contribution < -0.4 is 20.5 Å². The Kier molecular flexibility index (Phi) is 5.75. The zero-order chi connectivity index (χ0) is 22.9. The number of fused-ring (bicyclic) bond motifs is 1. The monoisotopic (exact) mass is 446 g/mol. The van der Waals surface area contributed by atoms with Crippen molar-refractivity contribution in [3.8, 4) is 5.75 Å². The van der Waals surface area contributed by atoms with Gasteiger partial charge in [0.05, 0.1) is 11.8 Å². The Bertz CT molecular complexity index is 1310. The number of carbonyl (C=O) groups excluding carboxylic acids is 2. The van der Waals surface area contributed by atoms with Gasteiger partial charge in [-0.05, 0) is 35.6 Å². The third-order valence-corrected chi connectivity index (χ3v) is 5.65. The summed E-state index contributed by atoms with van der Waals surface area (Å²) in [5.74, 6) is -3.44. The zero-order valence-electron chi connectivity index (χ0n) is 16.4.